The first-order chi connectivity index (χ1) is 3.81. The molecular weight excluding hydrogens is 100 g/mol. The van der Waals surface area contributed by atoms with Gasteiger partial charge in [0.05, 0.1) is 0 Å². The smallest absolute Gasteiger partial charge is 0.0122 e. The highest BCUT2D eigenvalue weighted by Crippen LogP contribution is 1.78. The van der Waals surface area contributed by atoms with Crippen LogP contribution in [0.5, 0.6) is 0 Å². The largest absolute Gasteiger partial charge is 0.867 e. The van der Waals surface area contributed by atoms with Crippen molar-refractivity contribution < 1.29 is 5.11 Å². The van der Waals surface area contributed by atoms with Crippen molar-refractivity contribution in [2.75, 3.05) is 0 Å². The highest BCUT2D eigenvalue weighted by molar-refractivity contribution is 5.17. The van der Waals surface area contributed by atoms with Crippen LogP contribution in [0.4, 0.5) is 0 Å². The van der Waals surface area contributed by atoms with E-state index in [1.807, 2.05) is 0 Å². The molecule has 0 rings (SSSR count). The molecule has 0 atom stereocenters. The van der Waals surface area contributed by atoms with Gasteiger partial charge in [-0.2, -0.15) is 0 Å². The van der Waals surface area contributed by atoms with E-state index in [2.05, 4.69) is 18.2 Å². The van der Waals surface area contributed by atoms with Crippen LogP contribution in [0.3, 0.4) is 0 Å². The number of terminal acetylenes is 1. The lowest BCUT2D eigenvalue weighted by Crippen LogP contribution is -1.96. The predicted octanol–water partition coefficient (Wildman–Crippen LogP) is 0.205. The van der Waals surface area contributed by atoms with Crippen LogP contribution in [0.2, 0.25) is 0 Å². The average Bonchev–Trinajstić information content (AvgIpc) is 1.83. The van der Waals surface area contributed by atoms with Crippen molar-refractivity contribution in [3.8, 4) is 12.3 Å². The van der Waals surface area contributed by atoms with Gasteiger partial charge < -0.3 is 5.11 Å². The summed E-state index contributed by atoms with van der Waals surface area (Å²) in [7, 11) is 0. The number of hydrogen-bond donors (Lipinski definition) is 0. The molecule has 0 aliphatic heterocycles. The molecule has 0 bridgehead atoms. The third kappa shape index (κ3) is 2.84. The fraction of sp³-hybridized carbons (Fsp3) is 0. The molecule has 0 radical (unpaired) electrons. The minimum atomic E-state index is -0.289. The Bertz CT molecular complexity index is 175. The molecule has 0 saturated carbocycles. The number of allylic oxidation sites excluding steroid dienone is 2. The molecule has 0 aromatic heterocycles. The van der Waals surface area contributed by atoms with Crippen molar-refractivity contribution in [3.63, 3.8) is 0 Å². The lowest BCUT2D eigenvalue weighted by atomic mass is 10.4. The van der Waals surface area contributed by atoms with E-state index in [9.17, 15) is 5.11 Å². The Morgan fingerprint density at radius 3 is 2.75 bits per heavy atom. The zero-order valence-corrected chi connectivity index (χ0v) is 4.35. The highest BCUT2D eigenvalue weighted by atomic mass is 16.3. The zero-order valence-electron chi connectivity index (χ0n) is 4.35. The summed E-state index contributed by atoms with van der Waals surface area (Å²) in [4.78, 5) is 0. The minimum absolute atomic E-state index is 0.289. The molecule has 0 unspecified atom stereocenters. The quantitative estimate of drug-likeness (QED) is 0.202. The van der Waals surface area contributed by atoms with E-state index < -0.39 is 0 Å². The Hall–Kier alpha value is -1.38. The molecule has 0 saturated heterocycles. The Morgan fingerprint density at radius 1 is 1.75 bits per heavy atom. The maximum absolute atomic E-state index is 10.2. The molecule has 8 heavy (non-hydrogen) atoms. The molecule has 1 heteroatoms. The zero-order chi connectivity index (χ0) is 6.41. The normalized spacial score (nSPS) is 7.88. The van der Waals surface area contributed by atoms with Crippen molar-refractivity contribution in [2.45, 2.75) is 0 Å². The van der Waals surface area contributed by atoms with Gasteiger partial charge in [0.2, 0.25) is 0 Å². The van der Waals surface area contributed by atoms with Gasteiger partial charge >= 0.3 is 0 Å². The Morgan fingerprint density at radius 2 is 2.38 bits per heavy atom. The summed E-state index contributed by atoms with van der Waals surface area (Å²) in [6.45, 7) is 3.12. The van der Waals surface area contributed by atoms with E-state index in [0.717, 1.165) is 0 Å². The summed E-state index contributed by atoms with van der Waals surface area (Å²) in [6, 6.07) is 0. The van der Waals surface area contributed by atoms with Crippen LogP contribution >= 0.6 is 0 Å². The molecule has 0 aliphatic rings. The van der Waals surface area contributed by atoms with E-state index in [-0.39, 0.29) is 5.76 Å². The fourth-order valence-electron chi connectivity index (χ4n) is 0.183. The van der Waals surface area contributed by atoms with Crippen LogP contribution < -0.4 is 5.11 Å². The molecule has 0 heterocycles. The minimum Gasteiger partial charge on any atom is -0.867 e. The Balaban J connectivity index is 3.95. The molecule has 0 fully saturated rings. The van der Waals surface area contributed by atoms with Crippen molar-refractivity contribution in [1.29, 1.82) is 0 Å². The topological polar surface area (TPSA) is 23.1 Å². The second-order valence-corrected chi connectivity index (χ2v) is 1.04. The molecule has 1 nitrogen and oxygen atoms in total. The monoisotopic (exact) mass is 105 g/mol. The molecule has 0 aromatic rings. The summed E-state index contributed by atoms with van der Waals surface area (Å²) in [5.41, 5.74) is 2.13. The van der Waals surface area contributed by atoms with Gasteiger partial charge in [-0.15, -0.1) is 12.2 Å². The van der Waals surface area contributed by atoms with Crippen molar-refractivity contribution >= 4 is 0 Å². The van der Waals surface area contributed by atoms with Crippen molar-refractivity contribution in [3.05, 3.63) is 30.2 Å². The lowest BCUT2D eigenvalue weighted by Gasteiger charge is -1.95. The van der Waals surface area contributed by atoms with Crippen LogP contribution in [-0.2, 0) is 0 Å². The van der Waals surface area contributed by atoms with Crippen LogP contribution in [0.25, 0.3) is 0 Å². The maximum atomic E-state index is 10.2. The van der Waals surface area contributed by atoms with Crippen LogP contribution in [-0.4, -0.2) is 0 Å². The first-order valence-corrected chi connectivity index (χ1v) is 2.01. The van der Waals surface area contributed by atoms with Crippen molar-refractivity contribution in [2.24, 2.45) is 0 Å². The SMILES string of the molecule is C#C/C=C/C([O-])=C=C. The van der Waals surface area contributed by atoms with Crippen LogP contribution in [0.15, 0.2) is 30.2 Å². The van der Waals surface area contributed by atoms with Gasteiger partial charge in [-0.25, -0.2) is 0 Å². The van der Waals surface area contributed by atoms with Crippen LogP contribution in [0, 0.1) is 12.3 Å². The maximum Gasteiger partial charge on any atom is -0.0122 e. The first-order valence-electron chi connectivity index (χ1n) is 2.01. The van der Waals surface area contributed by atoms with E-state index in [0.29, 0.717) is 0 Å². The predicted molar refractivity (Wildman–Crippen MR) is 30.6 cm³/mol. The van der Waals surface area contributed by atoms with Gasteiger partial charge in [-0.05, 0) is 6.08 Å². The Kier molecular flexibility index (Phi) is 3.14. The second-order valence-electron chi connectivity index (χ2n) is 1.04. The summed E-state index contributed by atoms with van der Waals surface area (Å²) in [5, 5.41) is 10.2. The average molecular weight is 105 g/mol. The van der Waals surface area contributed by atoms with Gasteiger partial charge in [0.1, 0.15) is 0 Å². The fourth-order valence-corrected chi connectivity index (χ4v) is 0.183. The van der Waals surface area contributed by atoms with Gasteiger partial charge in [0, 0.05) is 0 Å². The third-order valence-corrected chi connectivity index (χ3v) is 0.505. The molecule has 0 aromatic carbocycles. The van der Waals surface area contributed by atoms with Crippen molar-refractivity contribution in [1.82, 2.24) is 0 Å². The molecule has 0 aliphatic carbocycles. The molecule has 40 valence electrons. The second kappa shape index (κ2) is 3.80. The van der Waals surface area contributed by atoms with E-state index in [1.165, 1.54) is 12.2 Å². The van der Waals surface area contributed by atoms with E-state index in [4.69, 9.17) is 6.42 Å². The summed E-state index contributed by atoms with van der Waals surface area (Å²) in [6.07, 6.45) is 7.33. The van der Waals surface area contributed by atoms with E-state index >= 15 is 0 Å². The molecular formula is C7H5O-. The summed E-state index contributed by atoms with van der Waals surface area (Å²) >= 11 is 0. The number of rotatable bonds is 1. The van der Waals surface area contributed by atoms with Crippen LogP contribution in [0.1, 0.15) is 0 Å². The standard InChI is InChI=1S/C7H6O/c1-3-5-6-7(8)4-2/h1,5-6,8H,2H2/p-1/b6-5+. The molecule has 0 spiro atoms. The van der Waals surface area contributed by atoms with Gasteiger partial charge in [0.25, 0.3) is 0 Å². The molecule has 0 N–H and O–H groups in total. The van der Waals surface area contributed by atoms with Gasteiger partial charge in [-0.3, -0.25) is 0 Å². The summed E-state index contributed by atoms with van der Waals surface area (Å²) in [5.74, 6) is 1.87. The Labute approximate surface area is 48.7 Å². The lowest BCUT2D eigenvalue weighted by molar-refractivity contribution is -0.294. The summed E-state index contributed by atoms with van der Waals surface area (Å²) < 4.78 is 0. The number of hydrogen-bond acceptors (Lipinski definition) is 1. The highest BCUT2D eigenvalue weighted by Gasteiger charge is 1.60. The first kappa shape index (κ1) is 6.62. The van der Waals surface area contributed by atoms with Gasteiger partial charge in [0.15, 0.2) is 0 Å². The van der Waals surface area contributed by atoms with Gasteiger partial charge in [-0.1, -0.05) is 24.3 Å². The third-order valence-electron chi connectivity index (χ3n) is 0.505. The van der Waals surface area contributed by atoms with E-state index in [1.54, 1.807) is 0 Å². The molecule has 0 amide bonds.